The van der Waals surface area contributed by atoms with Crippen molar-refractivity contribution in [3.05, 3.63) is 182 Å². The van der Waals surface area contributed by atoms with Crippen LogP contribution in [0.5, 0.6) is 5.75 Å². The van der Waals surface area contributed by atoms with Crippen molar-refractivity contribution in [2.75, 3.05) is 0 Å². The van der Waals surface area contributed by atoms with E-state index in [1.54, 1.807) is 6.07 Å². The van der Waals surface area contributed by atoms with E-state index in [1.807, 2.05) is 66.7 Å². The first kappa shape index (κ1) is 30.6. The predicted molar refractivity (Wildman–Crippen MR) is 215 cm³/mol. The standard InChI is InChI=1S/C48H31N3O2/c52-41-27-28-43-44(38-23-12-13-26-42(38)53-43)45(41)48-50-40(46-35-22-11-10-21-34(35)29-39(49-46)33-19-8-3-9-20-33)30-51(48)47-36(31-15-4-1-5-16-31)24-14-25-37(47)32-17-6-2-7-18-32/h1-30,52H. The van der Waals surface area contributed by atoms with Gasteiger partial charge in [0, 0.05) is 39.0 Å². The molecule has 250 valence electrons. The van der Waals surface area contributed by atoms with E-state index in [0.717, 1.165) is 72.0 Å². The van der Waals surface area contributed by atoms with Crippen molar-refractivity contribution >= 4 is 32.7 Å². The third-order valence-corrected chi connectivity index (χ3v) is 9.95. The van der Waals surface area contributed by atoms with E-state index in [9.17, 15) is 5.11 Å². The fourth-order valence-corrected chi connectivity index (χ4v) is 7.53. The van der Waals surface area contributed by atoms with Gasteiger partial charge in [-0.3, -0.25) is 4.57 Å². The third kappa shape index (κ3) is 5.17. The molecule has 3 heterocycles. The first-order valence-electron chi connectivity index (χ1n) is 17.6. The maximum atomic E-state index is 11.9. The van der Waals surface area contributed by atoms with E-state index in [-0.39, 0.29) is 5.75 Å². The fourth-order valence-electron chi connectivity index (χ4n) is 7.53. The quantitative estimate of drug-likeness (QED) is 0.190. The molecule has 7 aromatic carbocycles. The van der Waals surface area contributed by atoms with Crippen molar-refractivity contribution in [2.24, 2.45) is 0 Å². The smallest absolute Gasteiger partial charge is 0.149 e. The maximum absolute atomic E-state index is 11.9. The molecular formula is C48H31N3O2. The number of imidazole rings is 1. The Hall–Kier alpha value is -7.24. The first-order chi connectivity index (χ1) is 26.2. The SMILES string of the molecule is Oc1ccc2oc3ccccc3c2c1-c1nc(-c2nc(-c3ccccc3)cc3ccccc23)cn1-c1c(-c2ccccc2)cccc1-c1ccccc1. The molecule has 0 aliphatic heterocycles. The average molecular weight is 682 g/mol. The van der Waals surface area contributed by atoms with Crippen LogP contribution in [-0.2, 0) is 0 Å². The molecule has 0 bridgehead atoms. The first-order valence-corrected chi connectivity index (χ1v) is 17.6. The third-order valence-electron chi connectivity index (χ3n) is 9.95. The molecule has 0 saturated carbocycles. The minimum Gasteiger partial charge on any atom is -0.507 e. The molecule has 5 nitrogen and oxygen atoms in total. The van der Waals surface area contributed by atoms with E-state index < -0.39 is 0 Å². The van der Waals surface area contributed by atoms with Crippen LogP contribution in [-0.4, -0.2) is 19.6 Å². The fraction of sp³-hybridized carbons (Fsp3) is 0. The van der Waals surface area contributed by atoms with Gasteiger partial charge >= 0.3 is 0 Å². The topological polar surface area (TPSA) is 64.1 Å². The van der Waals surface area contributed by atoms with Gasteiger partial charge in [-0.15, -0.1) is 0 Å². The van der Waals surface area contributed by atoms with Gasteiger partial charge in [0.15, 0.2) is 0 Å². The van der Waals surface area contributed by atoms with Gasteiger partial charge in [-0.1, -0.05) is 152 Å². The molecule has 0 aliphatic rings. The van der Waals surface area contributed by atoms with Crippen molar-refractivity contribution in [1.29, 1.82) is 0 Å². The summed E-state index contributed by atoms with van der Waals surface area (Å²) in [4.78, 5) is 10.8. The Morgan fingerprint density at radius 2 is 1.09 bits per heavy atom. The van der Waals surface area contributed by atoms with Gasteiger partial charge in [-0.2, -0.15) is 0 Å². The van der Waals surface area contributed by atoms with Crippen LogP contribution in [0, 0.1) is 0 Å². The molecular weight excluding hydrogens is 651 g/mol. The zero-order valence-electron chi connectivity index (χ0n) is 28.5. The van der Waals surface area contributed by atoms with Crippen molar-refractivity contribution in [3.63, 3.8) is 0 Å². The number of furan rings is 1. The Balaban J connectivity index is 1.35. The normalized spacial score (nSPS) is 11.5. The average Bonchev–Trinajstić information content (AvgIpc) is 3.83. The molecule has 10 aromatic rings. The summed E-state index contributed by atoms with van der Waals surface area (Å²) in [5.41, 5.74) is 10.4. The second-order valence-corrected chi connectivity index (χ2v) is 13.1. The van der Waals surface area contributed by atoms with Crippen LogP contribution in [0.1, 0.15) is 0 Å². The molecule has 53 heavy (non-hydrogen) atoms. The van der Waals surface area contributed by atoms with Crippen molar-refractivity contribution < 1.29 is 9.52 Å². The molecule has 0 saturated heterocycles. The summed E-state index contributed by atoms with van der Waals surface area (Å²) in [7, 11) is 0. The van der Waals surface area contributed by atoms with E-state index >= 15 is 0 Å². The summed E-state index contributed by atoms with van der Waals surface area (Å²) in [6, 6.07) is 59.4. The molecule has 0 fully saturated rings. The van der Waals surface area contributed by atoms with Crippen LogP contribution in [0.15, 0.2) is 187 Å². The molecule has 3 aromatic heterocycles. The van der Waals surface area contributed by atoms with E-state index in [4.69, 9.17) is 14.4 Å². The van der Waals surface area contributed by atoms with Crippen LogP contribution < -0.4 is 0 Å². The number of hydrogen-bond donors (Lipinski definition) is 1. The number of aromatic hydroxyl groups is 1. The van der Waals surface area contributed by atoms with Gasteiger partial charge in [0.05, 0.1) is 22.6 Å². The van der Waals surface area contributed by atoms with Gasteiger partial charge in [0.1, 0.15) is 28.4 Å². The van der Waals surface area contributed by atoms with Crippen molar-refractivity contribution in [2.45, 2.75) is 0 Å². The Bertz CT molecular complexity index is 2890. The Morgan fingerprint density at radius 3 is 1.79 bits per heavy atom. The molecule has 5 heteroatoms. The van der Waals surface area contributed by atoms with Crippen LogP contribution in [0.25, 0.3) is 94.7 Å². The number of para-hydroxylation sites is 2. The summed E-state index contributed by atoms with van der Waals surface area (Å²) < 4.78 is 8.50. The zero-order valence-corrected chi connectivity index (χ0v) is 28.5. The number of hydrogen-bond acceptors (Lipinski definition) is 4. The predicted octanol–water partition coefficient (Wildman–Crippen LogP) is 12.4. The number of aromatic nitrogens is 3. The van der Waals surface area contributed by atoms with Gasteiger partial charge in [-0.05, 0) is 40.8 Å². The van der Waals surface area contributed by atoms with E-state index in [2.05, 4.69) is 114 Å². The molecule has 0 spiro atoms. The monoisotopic (exact) mass is 681 g/mol. The summed E-state index contributed by atoms with van der Waals surface area (Å²) in [6.07, 6.45) is 2.08. The highest BCUT2D eigenvalue weighted by atomic mass is 16.3. The maximum Gasteiger partial charge on any atom is 0.149 e. The Labute approximate surface area is 305 Å². The second kappa shape index (κ2) is 12.5. The lowest BCUT2D eigenvalue weighted by molar-refractivity contribution is 0.477. The van der Waals surface area contributed by atoms with Gasteiger partial charge < -0.3 is 9.52 Å². The highest BCUT2D eigenvalue weighted by molar-refractivity contribution is 6.13. The van der Waals surface area contributed by atoms with E-state index in [1.165, 1.54) is 0 Å². The largest absolute Gasteiger partial charge is 0.507 e. The lowest BCUT2D eigenvalue weighted by atomic mass is 9.95. The molecule has 0 atom stereocenters. The second-order valence-electron chi connectivity index (χ2n) is 13.1. The lowest BCUT2D eigenvalue weighted by Crippen LogP contribution is -2.02. The van der Waals surface area contributed by atoms with Crippen LogP contribution >= 0.6 is 0 Å². The lowest BCUT2D eigenvalue weighted by Gasteiger charge is -2.19. The molecule has 0 aliphatic carbocycles. The number of phenols is 1. The molecule has 10 rings (SSSR count). The highest BCUT2D eigenvalue weighted by Gasteiger charge is 2.26. The summed E-state index contributed by atoms with van der Waals surface area (Å²) >= 11 is 0. The number of pyridine rings is 1. The van der Waals surface area contributed by atoms with Crippen LogP contribution in [0.2, 0.25) is 0 Å². The molecule has 0 amide bonds. The van der Waals surface area contributed by atoms with Crippen molar-refractivity contribution in [3.8, 4) is 67.7 Å². The summed E-state index contributed by atoms with van der Waals surface area (Å²) in [6.45, 7) is 0. The summed E-state index contributed by atoms with van der Waals surface area (Å²) in [5, 5.41) is 15.7. The van der Waals surface area contributed by atoms with Crippen LogP contribution in [0.3, 0.4) is 0 Å². The number of fused-ring (bicyclic) bond motifs is 4. The molecule has 0 unspecified atom stereocenters. The number of nitrogens with zero attached hydrogens (tertiary/aromatic N) is 3. The zero-order chi connectivity index (χ0) is 35.3. The van der Waals surface area contributed by atoms with Crippen LogP contribution in [0.4, 0.5) is 0 Å². The Morgan fingerprint density at radius 1 is 0.491 bits per heavy atom. The number of benzene rings is 7. The molecule has 0 radical (unpaired) electrons. The van der Waals surface area contributed by atoms with E-state index in [0.29, 0.717) is 22.7 Å². The van der Waals surface area contributed by atoms with Gasteiger partial charge in [0.2, 0.25) is 0 Å². The minimum absolute atomic E-state index is 0.108. The van der Waals surface area contributed by atoms with Crippen molar-refractivity contribution in [1.82, 2.24) is 14.5 Å². The van der Waals surface area contributed by atoms with Gasteiger partial charge in [-0.25, -0.2) is 9.97 Å². The minimum atomic E-state index is 0.108. The highest BCUT2D eigenvalue weighted by Crippen LogP contribution is 2.46. The number of phenolic OH excluding ortho intramolecular Hbond substituents is 1. The number of rotatable bonds is 6. The molecule has 1 N–H and O–H groups in total. The summed E-state index contributed by atoms with van der Waals surface area (Å²) in [5.74, 6) is 0.683. The van der Waals surface area contributed by atoms with Gasteiger partial charge in [0.25, 0.3) is 0 Å². The Kier molecular flexibility index (Phi) is 7.22.